The molecule has 0 aromatic heterocycles. The standard InChI is InChI=1S/C12H12FNO3/c1-8(5-6-12(15)16)17-11-4-2-3-10(13)9(11)7-14/h2-4,8H,5-6H2,1H3,(H,15,16). The lowest BCUT2D eigenvalue weighted by molar-refractivity contribution is -0.137. The number of rotatable bonds is 5. The number of nitriles is 1. The SMILES string of the molecule is CC(CCC(=O)O)Oc1cccc(F)c1C#N. The number of nitrogens with zero attached hydrogens (tertiary/aromatic N) is 1. The van der Waals surface area contributed by atoms with Gasteiger partial charge in [-0.2, -0.15) is 5.26 Å². The smallest absolute Gasteiger partial charge is 0.303 e. The Morgan fingerprint density at radius 2 is 2.35 bits per heavy atom. The minimum atomic E-state index is -0.916. The molecular formula is C12H12FNO3. The number of aliphatic carboxylic acids is 1. The summed E-state index contributed by atoms with van der Waals surface area (Å²) in [5.41, 5.74) is -0.158. The molecule has 0 fully saturated rings. The van der Waals surface area contributed by atoms with Gasteiger partial charge in [0.1, 0.15) is 23.2 Å². The number of carbonyl (C=O) groups is 1. The predicted octanol–water partition coefficient (Wildman–Crippen LogP) is 2.33. The van der Waals surface area contributed by atoms with Crippen molar-refractivity contribution in [1.29, 1.82) is 5.26 Å². The van der Waals surface area contributed by atoms with E-state index >= 15 is 0 Å². The third kappa shape index (κ3) is 3.76. The topological polar surface area (TPSA) is 70.3 Å². The number of halogens is 1. The number of hydrogen-bond donors (Lipinski definition) is 1. The van der Waals surface area contributed by atoms with Gasteiger partial charge < -0.3 is 9.84 Å². The fourth-order valence-electron chi connectivity index (χ4n) is 1.31. The third-order valence-corrected chi connectivity index (χ3v) is 2.18. The second kappa shape index (κ2) is 5.85. The summed E-state index contributed by atoms with van der Waals surface area (Å²) in [5, 5.41) is 17.3. The van der Waals surface area contributed by atoms with Gasteiger partial charge in [0.25, 0.3) is 0 Å². The highest BCUT2D eigenvalue weighted by molar-refractivity contribution is 5.66. The normalized spacial score (nSPS) is 11.6. The molecular weight excluding hydrogens is 225 g/mol. The Labute approximate surface area is 98.2 Å². The number of ether oxygens (including phenoxy) is 1. The van der Waals surface area contributed by atoms with Crippen LogP contribution in [0.25, 0.3) is 0 Å². The molecule has 0 saturated carbocycles. The van der Waals surface area contributed by atoms with Gasteiger partial charge in [-0.3, -0.25) is 4.79 Å². The Kier molecular flexibility index (Phi) is 4.46. The first-order chi connectivity index (χ1) is 8.04. The van der Waals surface area contributed by atoms with Gasteiger partial charge in [0.2, 0.25) is 0 Å². The Balaban J connectivity index is 2.72. The summed E-state index contributed by atoms with van der Waals surface area (Å²) >= 11 is 0. The highest BCUT2D eigenvalue weighted by Gasteiger charge is 2.12. The predicted molar refractivity (Wildman–Crippen MR) is 58.1 cm³/mol. The molecule has 1 aromatic rings. The summed E-state index contributed by atoms with van der Waals surface area (Å²) in [6.07, 6.45) is -0.116. The van der Waals surface area contributed by atoms with Gasteiger partial charge in [0.15, 0.2) is 0 Å². The maximum atomic E-state index is 13.2. The fraction of sp³-hybridized carbons (Fsp3) is 0.333. The summed E-state index contributed by atoms with van der Waals surface area (Å²) in [4.78, 5) is 10.4. The molecule has 5 heteroatoms. The molecule has 0 radical (unpaired) electrons. The van der Waals surface area contributed by atoms with Crippen LogP contribution in [0.3, 0.4) is 0 Å². The molecule has 4 nitrogen and oxygen atoms in total. The molecule has 0 aliphatic rings. The van der Waals surface area contributed by atoms with Crippen molar-refractivity contribution in [2.24, 2.45) is 0 Å². The molecule has 0 amide bonds. The summed E-state index contributed by atoms with van der Waals surface area (Å²) in [6.45, 7) is 1.68. The van der Waals surface area contributed by atoms with E-state index in [4.69, 9.17) is 15.1 Å². The lowest BCUT2D eigenvalue weighted by atomic mass is 10.2. The van der Waals surface area contributed by atoms with Crippen molar-refractivity contribution in [2.45, 2.75) is 25.9 Å². The van der Waals surface area contributed by atoms with Crippen molar-refractivity contribution in [2.75, 3.05) is 0 Å². The van der Waals surface area contributed by atoms with Crippen LogP contribution in [0.15, 0.2) is 18.2 Å². The van der Waals surface area contributed by atoms with Crippen molar-refractivity contribution >= 4 is 5.97 Å². The van der Waals surface area contributed by atoms with Gasteiger partial charge in [-0.25, -0.2) is 4.39 Å². The van der Waals surface area contributed by atoms with Crippen LogP contribution in [0.5, 0.6) is 5.75 Å². The molecule has 1 atom stereocenters. The molecule has 17 heavy (non-hydrogen) atoms. The fourth-order valence-corrected chi connectivity index (χ4v) is 1.31. The second-order valence-corrected chi connectivity index (χ2v) is 3.59. The van der Waals surface area contributed by atoms with Gasteiger partial charge in [-0.1, -0.05) is 6.07 Å². The van der Waals surface area contributed by atoms with Gasteiger partial charge >= 0.3 is 5.97 Å². The highest BCUT2D eigenvalue weighted by atomic mass is 19.1. The maximum Gasteiger partial charge on any atom is 0.303 e. The average molecular weight is 237 g/mol. The molecule has 0 bridgehead atoms. The Hall–Kier alpha value is -2.09. The summed E-state index contributed by atoms with van der Waals surface area (Å²) in [6, 6.07) is 5.82. The number of hydrogen-bond acceptors (Lipinski definition) is 3. The zero-order valence-electron chi connectivity index (χ0n) is 9.31. The van der Waals surface area contributed by atoms with Crippen LogP contribution in [0, 0.1) is 17.1 Å². The van der Waals surface area contributed by atoms with E-state index in [2.05, 4.69) is 0 Å². The van der Waals surface area contributed by atoms with Crippen molar-refractivity contribution in [3.63, 3.8) is 0 Å². The largest absolute Gasteiger partial charge is 0.489 e. The average Bonchev–Trinajstić information content (AvgIpc) is 2.27. The summed E-state index contributed by atoms with van der Waals surface area (Å²) in [7, 11) is 0. The Morgan fingerprint density at radius 1 is 1.65 bits per heavy atom. The van der Waals surface area contributed by atoms with E-state index in [1.807, 2.05) is 0 Å². The Morgan fingerprint density at radius 3 is 2.94 bits per heavy atom. The van der Waals surface area contributed by atoms with Gasteiger partial charge in [0.05, 0.1) is 6.10 Å². The molecule has 1 N–H and O–H groups in total. The van der Waals surface area contributed by atoms with Gasteiger partial charge in [-0.15, -0.1) is 0 Å². The van der Waals surface area contributed by atoms with E-state index < -0.39 is 11.8 Å². The van der Waals surface area contributed by atoms with E-state index in [0.29, 0.717) is 6.42 Å². The quantitative estimate of drug-likeness (QED) is 0.853. The molecule has 1 aromatic carbocycles. The molecule has 0 heterocycles. The Bertz CT molecular complexity index is 454. The maximum absolute atomic E-state index is 13.2. The highest BCUT2D eigenvalue weighted by Crippen LogP contribution is 2.22. The number of benzene rings is 1. The first kappa shape index (κ1) is 13.0. The van der Waals surface area contributed by atoms with Gasteiger partial charge in [-0.05, 0) is 25.5 Å². The minimum absolute atomic E-state index is 0.0294. The molecule has 0 spiro atoms. The molecule has 90 valence electrons. The van der Waals surface area contributed by atoms with Crippen LogP contribution >= 0.6 is 0 Å². The monoisotopic (exact) mass is 237 g/mol. The second-order valence-electron chi connectivity index (χ2n) is 3.59. The number of carboxylic acids is 1. The zero-order chi connectivity index (χ0) is 12.8. The third-order valence-electron chi connectivity index (χ3n) is 2.18. The summed E-state index contributed by atoms with van der Waals surface area (Å²) in [5.74, 6) is -1.42. The van der Waals surface area contributed by atoms with Crippen molar-refractivity contribution in [1.82, 2.24) is 0 Å². The molecule has 1 rings (SSSR count). The van der Waals surface area contributed by atoms with Crippen LogP contribution in [-0.4, -0.2) is 17.2 Å². The van der Waals surface area contributed by atoms with Crippen molar-refractivity contribution < 1.29 is 19.0 Å². The molecule has 0 aliphatic heterocycles. The van der Waals surface area contributed by atoms with E-state index in [0.717, 1.165) is 0 Å². The van der Waals surface area contributed by atoms with E-state index in [1.165, 1.54) is 18.2 Å². The molecule has 0 saturated heterocycles. The van der Waals surface area contributed by atoms with Crippen LogP contribution in [-0.2, 0) is 4.79 Å². The number of carboxylic acid groups (broad SMARTS) is 1. The first-order valence-electron chi connectivity index (χ1n) is 5.11. The van der Waals surface area contributed by atoms with Gasteiger partial charge in [0, 0.05) is 6.42 Å². The zero-order valence-corrected chi connectivity index (χ0v) is 9.31. The van der Waals surface area contributed by atoms with E-state index in [9.17, 15) is 9.18 Å². The summed E-state index contributed by atoms with van der Waals surface area (Å²) < 4.78 is 18.6. The lowest BCUT2D eigenvalue weighted by Crippen LogP contribution is -2.14. The van der Waals surface area contributed by atoms with Crippen LogP contribution in [0.4, 0.5) is 4.39 Å². The molecule has 0 aliphatic carbocycles. The molecule has 1 unspecified atom stereocenters. The van der Waals surface area contributed by atoms with Crippen LogP contribution < -0.4 is 4.74 Å². The van der Waals surface area contributed by atoms with Crippen LogP contribution in [0.2, 0.25) is 0 Å². The van der Waals surface area contributed by atoms with E-state index in [1.54, 1.807) is 13.0 Å². The van der Waals surface area contributed by atoms with Crippen molar-refractivity contribution in [3.05, 3.63) is 29.6 Å². The lowest BCUT2D eigenvalue weighted by Gasteiger charge is -2.14. The first-order valence-corrected chi connectivity index (χ1v) is 5.11. The van der Waals surface area contributed by atoms with Crippen molar-refractivity contribution in [3.8, 4) is 11.8 Å². The van der Waals surface area contributed by atoms with Crippen LogP contribution in [0.1, 0.15) is 25.3 Å². The van der Waals surface area contributed by atoms with E-state index in [-0.39, 0.29) is 23.8 Å². The minimum Gasteiger partial charge on any atom is -0.489 e.